The summed E-state index contributed by atoms with van der Waals surface area (Å²) in [7, 11) is 0. The van der Waals surface area contributed by atoms with E-state index >= 15 is 0 Å². The first kappa shape index (κ1) is 22.4. The smallest absolute Gasteiger partial charge is 0.282 e. The van der Waals surface area contributed by atoms with Crippen molar-refractivity contribution >= 4 is 34.7 Å². The molecule has 2 aliphatic rings. The molecule has 1 fully saturated rings. The molecule has 7 heteroatoms. The number of imide groups is 1. The van der Waals surface area contributed by atoms with Gasteiger partial charge in [-0.25, -0.2) is 4.90 Å². The van der Waals surface area contributed by atoms with E-state index in [9.17, 15) is 14.7 Å². The summed E-state index contributed by atoms with van der Waals surface area (Å²) >= 11 is 6.07. The van der Waals surface area contributed by atoms with Gasteiger partial charge < -0.3 is 14.7 Å². The molecule has 1 saturated heterocycles. The van der Waals surface area contributed by atoms with Crippen molar-refractivity contribution in [1.29, 1.82) is 0 Å². The third-order valence-electron chi connectivity index (χ3n) is 5.75. The highest BCUT2D eigenvalue weighted by Gasteiger charge is 2.44. The average molecular weight is 455 g/mol. The van der Waals surface area contributed by atoms with Gasteiger partial charge in [-0.05, 0) is 62.4 Å². The van der Waals surface area contributed by atoms with Crippen LogP contribution in [0, 0.1) is 5.92 Å². The van der Waals surface area contributed by atoms with E-state index in [1.54, 1.807) is 42.5 Å². The Kier molecular flexibility index (Phi) is 6.53. The monoisotopic (exact) mass is 454 g/mol. The normalized spacial score (nSPS) is 19.3. The van der Waals surface area contributed by atoms with Crippen molar-refractivity contribution in [2.24, 2.45) is 5.92 Å². The fourth-order valence-electron chi connectivity index (χ4n) is 4.32. The van der Waals surface area contributed by atoms with E-state index in [0.29, 0.717) is 46.4 Å². The number of halogens is 1. The fraction of sp³-hybridized carbons (Fsp3) is 0.360. The van der Waals surface area contributed by atoms with E-state index in [1.165, 1.54) is 4.90 Å². The van der Waals surface area contributed by atoms with Crippen molar-refractivity contribution in [3.8, 4) is 5.75 Å². The van der Waals surface area contributed by atoms with E-state index in [2.05, 4.69) is 0 Å². The summed E-state index contributed by atoms with van der Waals surface area (Å²) in [5.74, 6) is -0.222. The van der Waals surface area contributed by atoms with Crippen LogP contribution < -0.4 is 9.64 Å². The first-order valence-electron chi connectivity index (χ1n) is 10.9. The number of hydrogen-bond donors (Lipinski definition) is 1. The van der Waals surface area contributed by atoms with Gasteiger partial charge >= 0.3 is 0 Å². The van der Waals surface area contributed by atoms with Crippen LogP contribution in [0.2, 0.25) is 5.02 Å². The molecule has 0 saturated carbocycles. The molecular weight excluding hydrogens is 428 g/mol. The highest BCUT2D eigenvalue weighted by atomic mass is 35.5. The predicted molar refractivity (Wildman–Crippen MR) is 124 cm³/mol. The molecule has 1 atom stereocenters. The van der Waals surface area contributed by atoms with Crippen LogP contribution in [-0.2, 0) is 9.59 Å². The molecule has 2 aromatic carbocycles. The molecule has 1 N–H and O–H groups in total. The van der Waals surface area contributed by atoms with Crippen LogP contribution in [0.4, 0.5) is 5.69 Å². The van der Waals surface area contributed by atoms with Crippen molar-refractivity contribution in [2.45, 2.75) is 32.8 Å². The summed E-state index contributed by atoms with van der Waals surface area (Å²) in [5, 5.41) is 10.3. The van der Waals surface area contributed by atoms with Crippen LogP contribution >= 0.6 is 11.6 Å². The summed E-state index contributed by atoms with van der Waals surface area (Å²) in [6.07, 6.45) is 1.63. The van der Waals surface area contributed by atoms with Crippen molar-refractivity contribution in [3.05, 3.63) is 64.8 Å². The van der Waals surface area contributed by atoms with Gasteiger partial charge in [0.05, 0.1) is 17.4 Å². The molecule has 1 unspecified atom stereocenters. The third kappa shape index (κ3) is 4.25. The van der Waals surface area contributed by atoms with Gasteiger partial charge in [-0.1, -0.05) is 35.9 Å². The van der Waals surface area contributed by atoms with E-state index in [0.717, 1.165) is 12.8 Å². The zero-order valence-corrected chi connectivity index (χ0v) is 19.0. The number of hydrogen-bond acceptors (Lipinski definition) is 5. The topological polar surface area (TPSA) is 70.1 Å². The van der Waals surface area contributed by atoms with E-state index in [-0.39, 0.29) is 24.5 Å². The second kappa shape index (κ2) is 9.35. The van der Waals surface area contributed by atoms with Crippen molar-refractivity contribution < 1.29 is 19.4 Å². The molecule has 0 bridgehead atoms. The number of anilines is 1. The van der Waals surface area contributed by atoms with Crippen molar-refractivity contribution in [2.75, 3.05) is 24.6 Å². The summed E-state index contributed by atoms with van der Waals surface area (Å²) in [4.78, 5) is 30.6. The predicted octanol–water partition coefficient (Wildman–Crippen LogP) is 4.12. The van der Waals surface area contributed by atoms with Gasteiger partial charge in [-0.15, -0.1) is 0 Å². The standard InChI is InChI=1S/C25H27ClN2O4/c1-16(2)32-21-8-4-3-7-20(21)28-24(30)22(18-9-11-19(26)12-10-18)23(25(28)31)27-13-5-6-17(14-27)15-29/h3-4,7-12,16-17,29H,5-6,13-15H2,1-2H3. The Morgan fingerprint density at radius 1 is 1.09 bits per heavy atom. The molecule has 4 rings (SSSR count). The van der Waals surface area contributed by atoms with Crippen LogP contribution in [0.1, 0.15) is 32.3 Å². The maximum absolute atomic E-state index is 13.8. The van der Waals surface area contributed by atoms with Crippen LogP contribution in [0.15, 0.2) is 54.2 Å². The maximum atomic E-state index is 13.8. The molecule has 2 heterocycles. The summed E-state index contributed by atoms with van der Waals surface area (Å²) in [6.45, 7) is 5.03. The molecule has 168 valence electrons. The number of benzene rings is 2. The van der Waals surface area contributed by atoms with Gasteiger partial charge in [0.15, 0.2) is 0 Å². The minimum Gasteiger partial charge on any atom is -0.489 e. The number of carbonyl (C=O) groups excluding carboxylic acids is 2. The molecule has 0 aromatic heterocycles. The second-order valence-corrected chi connectivity index (χ2v) is 8.88. The molecular formula is C25H27ClN2O4. The lowest BCUT2D eigenvalue weighted by molar-refractivity contribution is -0.121. The number of aliphatic hydroxyl groups is 1. The minimum absolute atomic E-state index is 0.0526. The van der Waals surface area contributed by atoms with Gasteiger partial charge in [0.2, 0.25) is 0 Å². The molecule has 2 amide bonds. The Labute approximate surface area is 193 Å². The van der Waals surface area contributed by atoms with Crippen LogP contribution in [0.3, 0.4) is 0 Å². The number of amides is 2. The SMILES string of the molecule is CC(C)Oc1ccccc1N1C(=O)C(c2ccc(Cl)cc2)=C(N2CCCC(CO)C2)C1=O. The third-order valence-corrected chi connectivity index (χ3v) is 6.01. The molecule has 0 spiro atoms. The lowest BCUT2D eigenvalue weighted by atomic mass is 9.97. The lowest BCUT2D eigenvalue weighted by Gasteiger charge is -2.34. The lowest BCUT2D eigenvalue weighted by Crippen LogP contribution is -2.40. The molecule has 2 aromatic rings. The largest absolute Gasteiger partial charge is 0.489 e. The summed E-state index contributed by atoms with van der Waals surface area (Å²) in [5.41, 5.74) is 1.78. The molecule has 0 radical (unpaired) electrons. The number of aliphatic hydroxyl groups excluding tert-OH is 1. The zero-order valence-electron chi connectivity index (χ0n) is 18.3. The van der Waals surface area contributed by atoms with Gasteiger partial charge in [0, 0.05) is 24.7 Å². The highest BCUT2D eigenvalue weighted by Crippen LogP contribution is 2.40. The highest BCUT2D eigenvalue weighted by molar-refractivity contribution is 6.45. The number of carbonyl (C=O) groups is 2. The number of likely N-dealkylation sites (tertiary alicyclic amines) is 1. The Morgan fingerprint density at radius 3 is 2.50 bits per heavy atom. The number of piperidine rings is 1. The second-order valence-electron chi connectivity index (χ2n) is 8.45. The minimum atomic E-state index is -0.391. The van der Waals surface area contributed by atoms with E-state index < -0.39 is 5.91 Å². The maximum Gasteiger partial charge on any atom is 0.282 e. The Balaban J connectivity index is 1.81. The number of para-hydroxylation sites is 2. The van der Waals surface area contributed by atoms with Crippen molar-refractivity contribution in [3.63, 3.8) is 0 Å². The fourth-order valence-corrected chi connectivity index (χ4v) is 4.45. The van der Waals surface area contributed by atoms with Gasteiger partial charge in [-0.2, -0.15) is 0 Å². The van der Waals surface area contributed by atoms with Crippen LogP contribution in [0.25, 0.3) is 5.57 Å². The Morgan fingerprint density at radius 2 is 1.81 bits per heavy atom. The number of nitrogens with zero attached hydrogens (tertiary/aromatic N) is 2. The number of ether oxygens (including phenoxy) is 1. The number of rotatable bonds is 6. The molecule has 0 aliphatic carbocycles. The van der Waals surface area contributed by atoms with Gasteiger partial charge in [0.1, 0.15) is 11.4 Å². The van der Waals surface area contributed by atoms with Gasteiger partial charge in [0.25, 0.3) is 11.8 Å². The van der Waals surface area contributed by atoms with Crippen molar-refractivity contribution in [1.82, 2.24) is 4.90 Å². The summed E-state index contributed by atoms with van der Waals surface area (Å²) < 4.78 is 5.90. The average Bonchev–Trinajstić information content (AvgIpc) is 3.04. The van der Waals surface area contributed by atoms with Crippen LogP contribution in [-0.4, -0.2) is 47.6 Å². The molecule has 2 aliphatic heterocycles. The first-order valence-corrected chi connectivity index (χ1v) is 11.3. The summed E-state index contributed by atoms with van der Waals surface area (Å²) in [6, 6.07) is 14.0. The quantitative estimate of drug-likeness (QED) is 0.665. The van der Waals surface area contributed by atoms with E-state index in [1.807, 2.05) is 24.8 Å². The molecule has 6 nitrogen and oxygen atoms in total. The Bertz CT molecular complexity index is 1050. The zero-order chi connectivity index (χ0) is 22.8. The first-order chi connectivity index (χ1) is 15.4. The molecule has 32 heavy (non-hydrogen) atoms. The Hall–Kier alpha value is -2.83. The van der Waals surface area contributed by atoms with E-state index in [4.69, 9.17) is 16.3 Å². The van der Waals surface area contributed by atoms with Crippen LogP contribution in [0.5, 0.6) is 5.75 Å². The van der Waals surface area contributed by atoms with Gasteiger partial charge in [-0.3, -0.25) is 9.59 Å².